The standard InChI is InChI=1S/C6H6N4O2/c7-6-4-8-5(3-9-6)1-2-10(11)12/h1-4H,(H2,7,9). The summed E-state index contributed by atoms with van der Waals surface area (Å²) in [5.74, 6) is 0.285. The molecular formula is C6H6N4O2. The molecular weight excluding hydrogens is 160 g/mol. The summed E-state index contributed by atoms with van der Waals surface area (Å²) in [7, 11) is 0. The topological polar surface area (TPSA) is 94.9 Å². The van der Waals surface area contributed by atoms with Gasteiger partial charge in [-0.1, -0.05) is 0 Å². The summed E-state index contributed by atoms with van der Waals surface area (Å²) in [6.45, 7) is 0. The van der Waals surface area contributed by atoms with Crippen LogP contribution in [0.3, 0.4) is 0 Å². The minimum absolute atomic E-state index is 0.285. The Labute approximate surface area is 67.9 Å². The van der Waals surface area contributed by atoms with Gasteiger partial charge in [0, 0.05) is 6.08 Å². The summed E-state index contributed by atoms with van der Waals surface area (Å²) in [6.07, 6.45) is 4.72. The Morgan fingerprint density at radius 3 is 2.75 bits per heavy atom. The zero-order valence-corrected chi connectivity index (χ0v) is 6.04. The van der Waals surface area contributed by atoms with Crippen molar-refractivity contribution < 1.29 is 4.92 Å². The second kappa shape index (κ2) is 3.42. The van der Waals surface area contributed by atoms with E-state index in [-0.39, 0.29) is 5.82 Å². The van der Waals surface area contributed by atoms with Crippen LogP contribution in [0, 0.1) is 10.1 Å². The lowest BCUT2D eigenvalue weighted by atomic mass is 10.4. The Morgan fingerprint density at radius 2 is 2.25 bits per heavy atom. The van der Waals surface area contributed by atoms with Crippen molar-refractivity contribution in [2.75, 3.05) is 5.73 Å². The molecule has 62 valence electrons. The van der Waals surface area contributed by atoms with E-state index in [4.69, 9.17) is 5.73 Å². The van der Waals surface area contributed by atoms with Crippen LogP contribution in [0.1, 0.15) is 5.69 Å². The lowest BCUT2D eigenvalue weighted by Gasteiger charge is -1.90. The molecule has 0 unspecified atom stereocenters. The van der Waals surface area contributed by atoms with Crippen LogP contribution < -0.4 is 5.73 Å². The molecule has 0 amide bonds. The minimum atomic E-state index is -0.571. The van der Waals surface area contributed by atoms with E-state index in [2.05, 4.69) is 9.97 Å². The summed E-state index contributed by atoms with van der Waals surface area (Å²) < 4.78 is 0. The van der Waals surface area contributed by atoms with Crippen molar-refractivity contribution in [2.24, 2.45) is 0 Å². The zero-order valence-electron chi connectivity index (χ0n) is 6.04. The molecule has 0 bridgehead atoms. The molecule has 2 N–H and O–H groups in total. The van der Waals surface area contributed by atoms with E-state index in [0.29, 0.717) is 5.69 Å². The summed E-state index contributed by atoms with van der Waals surface area (Å²) in [6, 6.07) is 0. The molecule has 1 aromatic heterocycles. The van der Waals surface area contributed by atoms with Gasteiger partial charge < -0.3 is 5.73 Å². The lowest BCUT2D eigenvalue weighted by molar-refractivity contribution is -0.401. The third kappa shape index (κ3) is 2.33. The summed E-state index contributed by atoms with van der Waals surface area (Å²) in [5, 5.41) is 9.89. The molecule has 0 aliphatic heterocycles. The minimum Gasteiger partial charge on any atom is -0.382 e. The van der Waals surface area contributed by atoms with Gasteiger partial charge in [-0.25, -0.2) is 4.98 Å². The number of nitrogen functional groups attached to an aromatic ring is 1. The van der Waals surface area contributed by atoms with Crippen molar-refractivity contribution >= 4 is 11.9 Å². The molecule has 1 rings (SSSR count). The van der Waals surface area contributed by atoms with Crippen LogP contribution in [-0.2, 0) is 0 Å². The Kier molecular flexibility index (Phi) is 2.32. The number of nitro groups is 1. The van der Waals surface area contributed by atoms with Gasteiger partial charge in [0.2, 0.25) is 6.20 Å². The number of anilines is 1. The summed E-state index contributed by atoms with van der Waals surface area (Å²) in [5.41, 5.74) is 5.65. The number of rotatable bonds is 2. The van der Waals surface area contributed by atoms with Crippen molar-refractivity contribution in [2.45, 2.75) is 0 Å². The van der Waals surface area contributed by atoms with Gasteiger partial charge in [-0.3, -0.25) is 15.1 Å². The van der Waals surface area contributed by atoms with Crippen LogP contribution >= 0.6 is 0 Å². The van der Waals surface area contributed by atoms with Crippen molar-refractivity contribution in [3.63, 3.8) is 0 Å². The molecule has 0 saturated heterocycles. The molecule has 1 aromatic rings. The number of hydrogen-bond donors (Lipinski definition) is 1. The summed E-state index contributed by atoms with van der Waals surface area (Å²) >= 11 is 0. The van der Waals surface area contributed by atoms with Crippen LogP contribution in [0.5, 0.6) is 0 Å². The van der Waals surface area contributed by atoms with Crippen molar-refractivity contribution in [3.05, 3.63) is 34.4 Å². The van der Waals surface area contributed by atoms with Gasteiger partial charge in [-0.15, -0.1) is 0 Å². The fourth-order valence-corrected chi connectivity index (χ4v) is 0.571. The molecule has 0 aliphatic rings. The first-order valence-corrected chi connectivity index (χ1v) is 3.07. The van der Waals surface area contributed by atoms with Crippen molar-refractivity contribution in [3.8, 4) is 0 Å². The molecule has 0 spiro atoms. The average Bonchev–Trinajstić information content (AvgIpc) is 2.03. The van der Waals surface area contributed by atoms with E-state index in [0.717, 1.165) is 6.20 Å². The maximum Gasteiger partial charge on any atom is 0.236 e. The second-order valence-corrected chi connectivity index (χ2v) is 1.97. The Hall–Kier alpha value is -1.98. The van der Waals surface area contributed by atoms with Crippen LogP contribution in [0.2, 0.25) is 0 Å². The van der Waals surface area contributed by atoms with Gasteiger partial charge in [0.05, 0.1) is 23.0 Å². The van der Waals surface area contributed by atoms with Gasteiger partial charge >= 0.3 is 0 Å². The molecule has 0 aromatic carbocycles. The van der Waals surface area contributed by atoms with E-state index < -0.39 is 4.92 Å². The Bertz CT molecular complexity index is 306. The van der Waals surface area contributed by atoms with Gasteiger partial charge in [0.1, 0.15) is 5.82 Å². The Balaban J connectivity index is 2.77. The normalized spacial score (nSPS) is 10.3. The van der Waals surface area contributed by atoms with Gasteiger partial charge in [0.25, 0.3) is 0 Å². The van der Waals surface area contributed by atoms with Crippen LogP contribution in [0.25, 0.3) is 6.08 Å². The first-order valence-electron chi connectivity index (χ1n) is 3.07. The van der Waals surface area contributed by atoms with Gasteiger partial charge in [0.15, 0.2) is 0 Å². The molecule has 6 heteroatoms. The second-order valence-electron chi connectivity index (χ2n) is 1.97. The fourth-order valence-electron chi connectivity index (χ4n) is 0.571. The predicted octanol–water partition coefficient (Wildman–Crippen LogP) is 0.306. The van der Waals surface area contributed by atoms with E-state index in [1.54, 1.807) is 0 Å². The quantitative estimate of drug-likeness (QED) is 0.503. The highest BCUT2D eigenvalue weighted by Gasteiger charge is 1.91. The third-order valence-electron chi connectivity index (χ3n) is 1.06. The van der Waals surface area contributed by atoms with Gasteiger partial charge in [-0.05, 0) is 0 Å². The maximum atomic E-state index is 9.89. The number of nitrogens with zero attached hydrogens (tertiary/aromatic N) is 3. The van der Waals surface area contributed by atoms with Crippen LogP contribution in [-0.4, -0.2) is 14.9 Å². The van der Waals surface area contributed by atoms with E-state index in [1.807, 2.05) is 0 Å². The first-order chi connectivity index (χ1) is 5.68. The van der Waals surface area contributed by atoms with Crippen LogP contribution in [0.15, 0.2) is 18.6 Å². The molecule has 0 fully saturated rings. The highest BCUT2D eigenvalue weighted by Crippen LogP contribution is 1.97. The molecule has 1 heterocycles. The lowest BCUT2D eigenvalue weighted by Crippen LogP contribution is -1.92. The SMILES string of the molecule is Nc1cnc(C=C[N+](=O)[O-])cn1. The zero-order chi connectivity index (χ0) is 8.97. The predicted molar refractivity (Wildman–Crippen MR) is 42.5 cm³/mol. The molecule has 6 nitrogen and oxygen atoms in total. The number of aromatic nitrogens is 2. The first kappa shape index (κ1) is 8.12. The van der Waals surface area contributed by atoms with Crippen molar-refractivity contribution in [1.82, 2.24) is 9.97 Å². The molecule has 0 saturated carbocycles. The number of hydrogen-bond acceptors (Lipinski definition) is 5. The molecule has 12 heavy (non-hydrogen) atoms. The average molecular weight is 166 g/mol. The van der Waals surface area contributed by atoms with Crippen molar-refractivity contribution in [1.29, 1.82) is 0 Å². The molecule has 0 aliphatic carbocycles. The molecule has 0 radical (unpaired) electrons. The fraction of sp³-hybridized carbons (Fsp3) is 0. The van der Waals surface area contributed by atoms with E-state index in [9.17, 15) is 10.1 Å². The van der Waals surface area contributed by atoms with Gasteiger partial charge in [-0.2, -0.15) is 0 Å². The molecule has 0 atom stereocenters. The van der Waals surface area contributed by atoms with E-state index in [1.165, 1.54) is 18.5 Å². The summed E-state index contributed by atoms with van der Waals surface area (Å²) in [4.78, 5) is 16.8. The highest BCUT2D eigenvalue weighted by atomic mass is 16.6. The monoisotopic (exact) mass is 166 g/mol. The van der Waals surface area contributed by atoms with E-state index >= 15 is 0 Å². The third-order valence-corrected chi connectivity index (χ3v) is 1.06. The smallest absolute Gasteiger partial charge is 0.236 e. The highest BCUT2D eigenvalue weighted by molar-refractivity contribution is 5.42. The maximum absolute atomic E-state index is 9.89. The Morgan fingerprint density at radius 1 is 1.50 bits per heavy atom. The number of nitrogens with two attached hydrogens (primary N) is 1. The largest absolute Gasteiger partial charge is 0.382 e. The van der Waals surface area contributed by atoms with Crippen LogP contribution in [0.4, 0.5) is 5.82 Å².